The maximum absolute atomic E-state index is 12.6. The predicted molar refractivity (Wildman–Crippen MR) is 94.6 cm³/mol. The Balaban J connectivity index is 1.93. The van der Waals surface area contributed by atoms with Crippen LogP contribution in [0, 0.1) is 0 Å². The van der Waals surface area contributed by atoms with E-state index >= 15 is 0 Å². The fraction of sp³-hybridized carbons (Fsp3) is 0.0952. The van der Waals surface area contributed by atoms with Crippen molar-refractivity contribution in [2.45, 2.75) is 13.1 Å². The number of carbonyl (C=O) groups is 1. The summed E-state index contributed by atoms with van der Waals surface area (Å²) in [5, 5.41) is 0. The molecular formula is C21H15F3O2. The summed E-state index contributed by atoms with van der Waals surface area (Å²) in [5.74, 6) is -0.124. The van der Waals surface area contributed by atoms with Crippen LogP contribution in [0.2, 0.25) is 0 Å². The third kappa shape index (κ3) is 3.94. The van der Waals surface area contributed by atoms with E-state index < -0.39 is 17.7 Å². The topological polar surface area (TPSA) is 26.3 Å². The molecule has 2 aromatic rings. The third-order valence-electron chi connectivity index (χ3n) is 3.86. The average molecular weight is 356 g/mol. The minimum absolute atomic E-state index is 0.346. The number of halogens is 3. The van der Waals surface area contributed by atoms with E-state index in [0.29, 0.717) is 11.3 Å². The van der Waals surface area contributed by atoms with Gasteiger partial charge in [0.2, 0.25) is 0 Å². The fourth-order valence-electron chi connectivity index (χ4n) is 2.65. The van der Waals surface area contributed by atoms with E-state index in [0.717, 1.165) is 28.8 Å². The van der Waals surface area contributed by atoms with Crippen LogP contribution in [-0.2, 0) is 15.7 Å². The first-order valence-corrected chi connectivity index (χ1v) is 7.90. The van der Waals surface area contributed by atoms with Crippen molar-refractivity contribution in [1.82, 2.24) is 0 Å². The standard InChI is InChI=1S/C21H15F3O2/c1-14(25)26-20(19-12-9-16-4-2-3-5-18(16)19)13-8-15-6-10-17(11-7-15)21(22,23)24/h2-13H,1H3/b13-8+,20-19+. The van der Waals surface area contributed by atoms with E-state index in [1.165, 1.54) is 19.1 Å². The maximum atomic E-state index is 12.6. The van der Waals surface area contributed by atoms with Gasteiger partial charge in [0.05, 0.1) is 5.56 Å². The Morgan fingerprint density at radius 1 is 1.00 bits per heavy atom. The summed E-state index contributed by atoms with van der Waals surface area (Å²) in [5.41, 5.74) is 2.55. The molecule has 5 heteroatoms. The van der Waals surface area contributed by atoms with Gasteiger partial charge in [0.25, 0.3) is 0 Å². The lowest BCUT2D eigenvalue weighted by atomic mass is 10.0. The number of hydrogen-bond acceptors (Lipinski definition) is 2. The largest absolute Gasteiger partial charge is 0.426 e. The molecule has 1 aliphatic carbocycles. The molecule has 2 nitrogen and oxygen atoms in total. The molecule has 0 atom stereocenters. The molecule has 0 aromatic heterocycles. The number of esters is 1. The van der Waals surface area contributed by atoms with Crippen molar-refractivity contribution in [3.05, 3.63) is 88.7 Å². The van der Waals surface area contributed by atoms with Gasteiger partial charge in [-0.1, -0.05) is 48.6 Å². The first-order chi connectivity index (χ1) is 12.3. The van der Waals surface area contributed by atoms with Crippen molar-refractivity contribution in [2.24, 2.45) is 0 Å². The van der Waals surface area contributed by atoms with E-state index in [9.17, 15) is 18.0 Å². The normalized spacial score (nSPS) is 15.2. The molecule has 0 bridgehead atoms. The van der Waals surface area contributed by atoms with Crippen LogP contribution in [0.3, 0.4) is 0 Å². The molecule has 2 aromatic carbocycles. The van der Waals surface area contributed by atoms with Gasteiger partial charge >= 0.3 is 12.1 Å². The zero-order valence-corrected chi connectivity index (χ0v) is 13.9. The Morgan fingerprint density at radius 3 is 2.35 bits per heavy atom. The van der Waals surface area contributed by atoms with Gasteiger partial charge in [-0.3, -0.25) is 4.79 Å². The van der Waals surface area contributed by atoms with Gasteiger partial charge in [0.15, 0.2) is 0 Å². The smallest absolute Gasteiger partial charge is 0.416 e. The van der Waals surface area contributed by atoms with Gasteiger partial charge in [0, 0.05) is 12.5 Å². The molecule has 0 saturated carbocycles. The van der Waals surface area contributed by atoms with Gasteiger partial charge in [-0.25, -0.2) is 0 Å². The number of allylic oxidation sites excluding steroid dienone is 3. The first kappa shape index (κ1) is 17.7. The van der Waals surface area contributed by atoms with Gasteiger partial charge < -0.3 is 4.74 Å². The van der Waals surface area contributed by atoms with Crippen LogP contribution in [0.5, 0.6) is 0 Å². The Kier molecular flexibility index (Phi) is 4.80. The Labute approximate surface area is 148 Å². The minimum atomic E-state index is -4.37. The summed E-state index contributed by atoms with van der Waals surface area (Å²) in [4.78, 5) is 11.4. The Morgan fingerprint density at radius 2 is 1.69 bits per heavy atom. The second-order valence-electron chi connectivity index (χ2n) is 5.75. The zero-order valence-electron chi connectivity index (χ0n) is 13.9. The van der Waals surface area contributed by atoms with Crippen molar-refractivity contribution < 1.29 is 22.7 Å². The lowest BCUT2D eigenvalue weighted by Gasteiger charge is -2.08. The summed E-state index contributed by atoms with van der Waals surface area (Å²) in [6.45, 7) is 1.30. The van der Waals surface area contributed by atoms with Crippen LogP contribution >= 0.6 is 0 Å². The van der Waals surface area contributed by atoms with Crippen molar-refractivity contribution in [2.75, 3.05) is 0 Å². The average Bonchev–Trinajstić information content (AvgIpc) is 3.02. The summed E-state index contributed by atoms with van der Waals surface area (Å²) >= 11 is 0. The Hall–Kier alpha value is -3.08. The molecule has 0 aliphatic heterocycles. The molecular weight excluding hydrogens is 341 g/mol. The van der Waals surface area contributed by atoms with Gasteiger partial charge in [-0.15, -0.1) is 0 Å². The Bertz CT molecular complexity index is 917. The van der Waals surface area contributed by atoms with Gasteiger partial charge in [0.1, 0.15) is 5.76 Å². The number of fused-ring (bicyclic) bond motifs is 1. The number of carbonyl (C=O) groups excluding carboxylic acids is 1. The maximum Gasteiger partial charge on any atom is 0.416 e. The molecule has 132 valence electrons. The van der Waals surface area contributed by atoms with Gasteiger partial charge in [-0.05, 0) is 41.0 Å². The van der Waals surface area contributed by atoms with E-state index in [-0.39, 0.29) is 0 Å². The highest BCUT2D eigenvalue weighted by molar-refractivity contribution is 5.92. The second kappa shape index (κ2) is 7.04. The SMILES string of the molecule is CC(=O)OC(/C=C/c1ccc(C(F)(F)F)cc1)=C1\C=Cc2ccccc21. The van der Waals surface area contributed by atoms with E-state index in [1.807, 2.05) is 36.4 Å². The fourth-order valence-corrected chi connectivity index (χ4v) is 2.65. The lowest BCUT2D eigenvalue weighted by Crippen LogP contribution is -2.04. The molecule has 3 rings (SSSR count). The van der Waals surface area contributed by atoms with Crippen molar-refractivity contribution in [1.29, 1.82) is 0 Å². The van der Waals surface area contributed by atoms with Gasteiger partial charge in [-0.2, -0.15) is 13.2 Å². The van der Waals surface area contributed by atoms with Crippen molar-refractivity contribution in [3.63, 3.8) is 0 Å². The van der Waals surface area contributed by atoms with Crippen LogP contribution in [0.15, 0.2) is 66.4 Å². The molecule has 0 saturated heterocycles. The lowest BCUT2D eigenvalue weighted by molar-refractivity contribution is -0.138. The molecule has 26 heavy (non-hydrogen) atoms. The summed E-state index contributed by atoms with van der Waals surface area (Å²) in [7, 11) is 0. The molecule has 0 N–H and O–H groups in total. The molecule has 0 fully saturated rings. The van der Waals surface area contributed by atoms with Crippen LogP contribution in [-0.4, -0.2) is 5.97 Å². The second-order valence-corrected chi connectivity index (χ2v) is 5.75. The van der Waals surface area contributed by atoms with Crippen LogP contribution in [0.4, 0.5) is 13.2 Å². The first-order valence-electron chi connectivity index (χ1n) is 7.90. The molecule has 0 heterocycles. The number of ether oxygens (including phenoxy) is 1. The number of hydrogen-bond donors (Lipinski definition) is 0. The summed E-state index contributed by atoms with van der Waals surface area (Å²) < 4.78 is 43.2. The summed E-state index contributed by atoms with van der Waals surface area (Å²) in [6, 6.07) is 12.4. The van der Waals surface area contributed by atoms with Crippen LogP contribution in [0.1, 0.15) is 29.2 Å². The molecule has 0 spiro atoms. The number of benzene rings is 2. The zero-order chi connectivity index (χ0) is 18.7. The monoisotopic (exact) mass is 356 g/mol. The molecule has 0 radical (unpaired) electrons. The van der Waals surface area contributed by atoms with E-state index in [2.05, 4.69) is 0 Å². The van der Waals surface area contributed by atoms with E-state index in [4.69, 9.17) is 4.74 Å². The molecule has 0 unspecified atom stereocenters. The minimum Gasteiger partial charge on any atom is -0.426 e. The highest BCUT2D eigenvalue weighted by Crippen LogP contribution is 2.33. The van der Waals surface area contributed by atoms with Crippen molar-refractivity contribution >= 4 is 23.7 Å². The van der Waals surface area contributed by atoms with Crippen molar-refractivity contribution in [3.8, 4) is 0 Å². The highest BCUT2D eigenvalue weighted by Gasteiger charge is 2.29. The quantitative estimate of drug-likeness (QED) is 0.519. The van der Waals surface area contributed by atoms with Crippen LogP contribution < -0.4 is 0 Å². The number of alkyl halides is 3. The number of rotatable bonds is 3. The third-order valence-corrected chi connectivity index (χ3v) is 3.86. The predicted octanol–water partition coefficient (Wildman–Crippen LogP) is 5.72. The summed E-state index contributed by atoms with van der Waals surface area (Å²) in [6.07, 6.45) is 2.59. The van der Waals surface area contributed by atoms with Crippen LogP contribution in [0.25, 0.3) is 17.7 Å². The molecule has 1 aliphatic rings. The molecule has 0 amide bonds. The highest BCUT2D eigenvalue weighted by atomic mass is 19.4. The van der Waals surface area contributed by atoms with E-state index in [1.54, 1.807) is 12.2 Å².